The summed E-state index contributed by atoms with van der Waals surface area (Å²) < 4.78 is 0. The van der Waals surface area contributed by atoms with E-state index in [1.807, 2.05) is 0 Å². The first-order valence-corrected chi connectivity index (χ1v) is 3.75. The van der Waals surface area contributed by atoms with E-state index in [0.29, 0.717) is 13.0 Å². The van der Waals surface area contributed by atoms with E-state index in [4.69, 9.17) is 10.8 Å². The Balaban J connectivity index is 3.32. The number of amides is 1. The molecule has 0 aliphatic carbocycles. The second-order valence-electron chi connectivity index (χ2n) is 2.72. The monoisotopic (exact) mass is 160 g/mol. The largest absolute Gasteiger partial charge is 0.393 e. The van der Waals surface area contributed by atoms with Gasteiger partial charge < -0.3 is 16.2 Å². The van der Waals surface area contributed by atoms with Gasteiger partial charge >= 0.3 is 0 Å². The van der Waals surface area contributed by atoms with Crippen molar-refractivity contribution in [1.29, 1.82) is 0 Å². The number of hydrogen-bond donors (Lipinski definition) is 3. The second kappa shape index (κ2) is 5.09. The number of aliphatic hydroxyl groups excluding tert-OH is 1. The van der Waals surface area contributed by atoms with Gasteiger partial charge in [-0.2, -0.15) is 0 Å². The van der Waals surface area contributed by atoms with Crippen LogP contribution in [0.3, 0.4) is 0 Å². The third-order valence-corrected chi connectivity index (χ3v) is 1.27. The molecule has 66 valence electrons. The first kappa shape index (κ1) is 10.4. The average molecular weight is 160 g/mol. The molecule has 0 fully saturated rings. The number of nitrogens with one attached hydrogen (secondary N) is 1. The number of rotatable bonds is 4. The summed E-state index contributed by atoms with van der Waals surface area (Å²) in [5.74, 6) is -0.175. The van der Waals surface area contributed by atoms with Crippen LogP contribution in [0.2, 0.25) is 0 Å². The molecule has 0 bridgehead atoms. The van der Waals surface area contributed by atoms with Gasteiger partial charge in [-0.05, 0) is 20.3 Å². The van der Waals surface area contributed by atoms with Crippen LogP contribution in [0, 0.1) is 0 Å². The van der Waals surface area contributed by atoms with Gasteiger partial charge in [-0.25, -0.2) is 0 Å². The molecule has 1 unspecified atom stereocenters. The van der Waals surface area contributed by atoms with Gasteiger partial charge in [0.15, 0.2) is 0 Å². The Bertz CT molecular complexity index is 124. The molecule has 4 N–H and O–H groups in total. The highest BCUT2D eigenvalue weighted by Gasteiger charge is 2.05. The summed E-state index contributed by atoms with van der Waals surface area (Å²) in [5.41, 5.74) is 5.28. The van der Waals surface area contributed by atoms with E-state index in [1.165, 1.54) is 0 Å². The number of nitrogens with two attached hydrogens (primary N) is 1. The summed E-state index contributed by atoms with van der Waals surface area (Å²) >= 11 is 0. The summed E-state index contributed by atoms with van der Waals surface area (Å²) in [5, 5.41) is 11.4. The Morgan fingerprint density at radius 1 is 1.64 bits per heavy atom. The molecule has 0 saturated heterocycles. The quantitative estimate of drug-likeness (QED) is 0.505. The first-order valence-electron chi connectivity index (χ1n) is 3.75. The van der Waals surface area contributed by atoms with Crippen molar-refractivity contribution < 1.29 is 9.90 Å². The van der Waals surface area contributed by atoms with Crippen molar-refractivity contribution in [2.24, 2.45) is 5.73 Å². The molecule has 0 aromatic heterocycles. The normalized spacial score (nSPS) is 15.6. The predicted molar refractivity (Wildman–Crippen MR) is 43.0 cm³/mol. The third-order valence-electron chi connectivity index (χ3n) is 1.27. The topological polar surface area (TPSA) is 75.3 Å². The fourth-order valence-electron chi connectivity index (χ4n) is 0.565. The van der Waals surface area contributed by atoms with Crippen LogP contribution in [0.4, 0.5) is 0 Å². The fourth-order valence-corrected chi connectivity index (χ4v) is 0.565. The summed E-state index contributed by atoms with van der Waals surface area (Å²) in [6.07, 6.45) is 0.196. The van der Waals surface area contributed by atoms with E-state index in [9.17, 15) is 4.79 Å². The van der Waals surface area contributed by atoms with Crippen LogP contribution in [-0.4, -0.2) is 29.7 Å². The van der Waals surface area contributed by atoms with E-state index in [0.717, 1.165) is 0 Å². The van der Waals surface area contributed by atoms with E-state index < -0.39 is 6.04 Å². The van der Waals surface area contributed by atoms with Crippen molar-refractivity contribution in [3.8, 4) is 0 Å². The zero-order valence-corrected chi connectivity index (χ0v) is 7.00. The van der Waals surface area contributed by atoms with Crippen molar-refractivity contribution >= 4 is 5.91 Å². The maximum absolute atomic E-state index is 10.8. The zero-order chi connectivity index (χ0) is 8.85. The van der Waals surface area contributed by atoms with Gasteiger partial charge in [-0.3, -0.25) is 4.79 Å². The van der Waals surface area contributed by atoms with Gasteiger partial charge in [0.1, 0.15) is 0 Å². The molecule has 0 aromatic carbocycles. The van der Waals surface area contributed by atoms with E-state index in [-0.39, 0.29) is 12.0 Å². The third kappa shape index (κ3) is 5.82. The number of carbonyl (C=O) groups is 1. The lowest BCUT2D eigenvalue weighted by Crippen LogP contribution is -2.39. The molecular weight excluding hydrogens is 144 g/mol. The van der Waals surface area contributed by atoms with Gasteiger partial charge in [-0.15, -0.1) is 0 Å². The molecule has 11 heavy (non-hydrogen) atoms. The second-order valence-corrected chi connectivity index (χ2v) is 2.72. The average Bonchev–Trinajstić information content (AvgIpc) is 1.86. The molecule has 0 aliphatic rings. The summed E-state index contributed by atoms with van der Waals surface area (Å²) in [6.45, 7) is 3.79. The Morgan fingerprint density at radius 3 is 2.55 bits per heavy atom. The highest BCUT2D eigenvalue weighted by Crippen LogP contribution is 1.86. The molecule has 0 aromatic rings. The molecule has 0 spiro atoms. The summed E-state index contributed by atoms with van der Waals surface area (Å²) in [6, 6.07) is -0.469. The van der Waals surface area contributed by atoms with Gasteiger partial charge in [0.25, 0.3) is 0 Å². The standard InChI is InChI=1S/C7H16N2O2/c1-5(10)3-4-9-7(11)6(2)8/h5-6,10H,3-4,8H2,1-2H3,(H,9,11)/t5?,6-/m1/s1. The van der Waals surface area contributed by atoms with Crippen molar-refractivity contribution in [1.82, 2.24) is 5.32 Å². The van der Waals surface area contributed by atoms with E-state index in [1.54, 1.807) is 13.8 Å². The molecular formula is C7H16N2O2. The van der Waals surface area contributed by atoms with Crippen LogP contribution in [0.25, 0.3) is 0 Å². The minimum absolute atomic E-state index is 0.175. The van der Waals surface area contributed by atoms with E-state index >= 15 is 0 Å². The van der Waals surface area contributed by atoms with Crippen LogP contribution < -0.4 is 11.1 Å². The minimum Gasteiger partial charge on any atom is -0.393 e. The molecule has 4 nitrogen and oxygen atoms in total. The van der Waals surface area contributed by atoms with Crippen molar-refractivity contribution in [2.75, 3.05) is 6.54 Å². The molecule has 0 heterocycles. The van der Waals surface area contributed by atoms with Crippen molar-refractivity contribution in [3.05, 3.63) is 0 Å². The summed E-state index contributed by atoms with van der Waals surface area (Å²) in [7, 11) is 0. The van der Waals surface area contributed by atoms with Crippen LogP contribution in [0.1, 0.15) is 20.3 Å². The Hall–Kier alpha value is -0.610. The molecule has 4 heteroatoms. The van der Waals surface area contributed by atoms with E-state index in [2.05, 4.69) is 5.32 Å². The van der Waals surface area contributed by atoms with Crippen LogP contribution in [-0.2, 0) is 4.79 Å². The maximum Gasteiger partial charge on any atom is 0.236 e. The zero-order valence-electron chi connectivity index (χ0n) is 7.00. The highest BCUT2D eigenvalue weighted by molar-refractivity contribution is 5.80. The maximum atomic E-state index is 10.8. The lowest BCUT2D eigenvalue weighted by molar-refractivity contribution is -0.122. The molecule has 2 atom stereocenters. The number of hydrogen-bond acceptors (Lipinski definition) is 3. The fraction of sp³-hybridized carbons (Fsp3) is 0.857. The van der Waals surface area contributed by atoms with Gasteiger partial charge in [0, 0.05) is 6.54 Å². The molecule has 0 saturated carbocycles. The number of carbonyl (C=O) groups excluding carboxylic acids is 1. The van der Waals surface area contributed by atoms with Crippen molar-refractivity contribution in [3.63, 3.8) is 0 Å². The minimum atomic E-state index is -0.469. The Kier molecular flexibility index (Phi) is 4.81. The lowest BCUT2D eigenvalue weighted by Gasteiger charge is -2.08. The van der Waals surface area contributed by atoms with Gasteiger partial charge in [0.2, 0.25) is 5.91 Å². The van der Waals surface area contributed by atoms with Crippen molar-refractivity contribution in [2.45, 2.75) is 32.4 Å². The summed E-state index contributed by atoms with van der Waals surface area (Å²) in [4.78, 5) is 10.8. The van der Waals surface area contributed by atoms with Crippen LogP contribution in [0.5, 0.6) is 0 Å². The predicted octanol–water partition coefficient (Wildman–Crippen LogP) is -0.779. The Morgan fingerprint density at radius 2 is 2.18 bits per heavy atom. The number of aliphatic hydroxyl groups is 1. The first-order chi connectivity index (χ1) is 5.04. The Labute approximate surface area is 66.8 Å². The molecule has 0 radical (unpaired) electrons. The van der Waals surface area contributed by atoms with Gasteiger partial charge in [0.05, 0.1) is 12.1 Å². The molecule has 0 rings (SSSR count). The molecule has 1 amide bonds. The molecule has 0 aliphatic heterocycles. The van der Waals surface area contributed by atoms with Crippen LogP contribution >= 0.6 is 0 Å². The van der Waals surface area contributed by atoms with Gasteiger partial charge in [-0.1, -0.05) is 0 Å². The highest BCUT2D eigenvalue weighted by atomic mass is 16.3. The van der Waals surface area contributed by atoms with Crippen LogP contribution in [0.15, 0.2) is 0 Å². The smallest absolute Gasteiger partial charge is 0.236 e. The lowest BCUT2D eigenvalue weighted by atomic mass is 10.3. The SMILES string of the molecule is CC(O)CCNC(=O)[C@@H](C)N.